The summed E-state index contributed by atoms with van der Waals surface area (Å²) in [4.78, 5) is 14.6. The van der Waals surface area contributed by atoms with Crippen molar-refractivity contribution in [3.05, 3.63) is 35.2 Å². The average molecular weight is 345 g/mol. The number of hydrogen-bond acceptors (Lipinski definition) is 5. The maximum atomic E-state index is 12.8. The normalized spacial score (nSPS) is 16.8. The van der Waals surface area contributed by atoms with E-state index in [4.69, 9.17) is 14.0 Å². The fourth-order valence-corrected chi connectivity index (χ4v) is 3.38. The number of anilines is 1. The monoisotopic (exact) mass is 345 g/mol. The number of amides is 2. The van der Waals surface area contributed by atoms with E-state index in [1.165, 1.54) is 0 Å². The highest BCUT2D eigenvalue weighted by Gasteiger charge is 2.33. The molecular formula is C18H23N3O4. The number of urea groups is 1. The zero-order valence-electron chi connectivity index (χ0n) is 15.0. The molecule has 1 aliphatic heterocycles. The van der Waals surface area contributed by atoms with Crippen molar-refractivity contribution in [1.82, 2.24) is 10.1 Å². The second-order valence-corrected chi connectivity index (χ2v) is 6.09. The third-order valence-electron chi connectivity index (χ3n) is 4.57. The Labute approximate surface area is 146 Å². The van der Waals surface area contributed by atoms with Crippen molar-refractivity contribution < 1.29 is 18.8 Å². The van der Waals surface area contributed by atoms with Crippen LogP contribution >= 0.6 is 0 Å². The Morgan fingerprint density at radius 2 is 2.04 bits per heavy atom. The molecule has 1 atom stereocenters. The van der Waals surface area contributed by atoms with Gasteiger partial charge in [-0.15, -0.1) is 0 Å². The predicted octanol–water partition coefficient (Wildman–Crippen LogP) is 3.68. The maximum absolute atomic E-state index is 12.8. The first kappa shape index (κ1) is 17.1. The van der Waals surface area contributed by atoms with Gasteiger partial charge in [0.1, 0.15) is 5.76 Å². The van der Waals surface area contributed by atoms with Crippen molar-refractivity contribution in [1.29, 1.82) is 0 Å². The van der Waals surface area contributed by atoms with Gasteiger partial charge in [0.15, 0.2) is 11.5 Å². The van der Waals surface area contributed by atoms with E-state index in [1.54, 1.807) is 32.4 Å². The summed E-state index contributed by atoms with van der Waals surface area (Å²) in [5, 5.41) is 6.96. The van der Waals surface area contributed by atoms with Gasteiger partial charge in [0.05, 0.1) is 26.0 Å². The van der Waals surface area contributed by atoms with Crippen LogP contribution in [0.1, 0.15) is 35.9 Å². The van der Waals surface area contributed by atoms with Crippen LogP contribution in [-0.2, 0) is 0 Å². The van der Waals surface area contributed by atoms with E-state index in [9.17, 15) is 4.79 Å². The molecule has 0 saturated carbocycles. The lowest BCUT2D eigenvalue weighted by Crippen LogP contribution is -2.34. The third-order valence-corrected chi connectivity index (χ3v) is 4.57. The zero-order chi connectivity index (χ0) is 18.0. The number of methoxy groups -OCH3 is 2. The number of nitrogens with zero attached hydrogens (tertiary/aromatic N) is 2. The highest BCUT2D eigenvalue weighted by molar-refractivity contribution is 5.90. The molecule has 1 aliphatic rings. The van der Waals surface area contributed by atoms with Gasteiger partial charge in [-0.25, -0.2) is 4.79 Å². The van der Waals surface area contributed by atoms with Gasteiger partial charge in [-0.05, 0) is 38.8 Å². The van der Waals surface area contributed by atoms with E-state index in [1.807, 2.05) is 18.7 Å². The summed E-state index contributed by atoms with van der Waals surface area (Å²) in [6.07, 6.45) is 1.86. The van der Waals surface area contributed by atoms with Crippen LogP contribution in [0.5, 0.6) is 11.5 Å². The van der Waals surface area contributed by atoms with Crippen molar-refractivity contribution in [2.45, 2.75) is 32.7 Å². The summed E-state index contributed by atoms with van der Waals surface area (Å²) in [7, 11) is 3.14. The minimum Gasteiger partial charge on any atom is -0.493 e. The van der Waals surface area contributed by atoms with E-state index < -0.39 is 0 Å². The molecule has 2 heterocycles. The molecule has 1 unspecified atom stereocenters. The minimum absolute atomic E-state index is 0.00797. The topological polar surface area (TPSA) is 76.8 Å². The number of carbonyl (C=O) groups is 1. The van der Waals surface area contributed by atoms with Gasteiger partial charge in [-0.1, -0.05) is 5.16 Å². The summed E-state index contributed by atoms with van der Waals surface area (Å²) in [6.45, 7) is 4.50. The van der Waals surface area contributed by atoms with Crippen LogP contribution in [-0.4, -0.2) is 36.9 Å². The van der Waals surface area contributed by atoms with Gasteiger partial charge in [0.25, 0.3) is 0 Å². The van der Waals surface area contributed by atoms with Crippen LogP contribution in [0, 0.1) is 13.8 Å². The Hall–Kier alpha value is -2.70. The summed E-state index contributed by atoms with van der Waals surface area (Å²) in [5.41, 5.74) is 2.51. The molecular weight excluding hydrogens is 322 g/mol. The molecule has 3 rings (SSSR count). The predicted molar refractivity (Wildman–Crippen MR) is 93.2 cm³/mol. The Morgan fingerprint density at radius 3 is 2.68 bits per heavy atom. The molecule has 1 fully saturated rings. The van der Waals surface area contributed by atoms with Gasteiger partial charge in [0, 0.05) is 23.9 Å². The maximum Gasteiger partial charge on any atom is 0.322 e. The third kappa shape index (κ3) is 3.26. The van der Waals surface area contributed by atoms with Crippen LogP contribution in [0.15, 0.2) is 22.7 Å². The Kier molecular flexibility index (Phi) is 4.83. The first-order chi connectivity index (χ1) is 12.0. The number of carbonyl (C=O) groups excluding carboxylic acids is 1. The molecule has 0 aliphatic carbocycles. The molecule has 1 aromatic heterocycles. The first-order valence-electron chi connectivity index (χ1n) is 8.27. The van der Waals surface area contributed by atoms with E-state index in [-0.39, 0.29) is 12.1 Å². The van der Waals surface area contributed by atoms with Crippen LogP contribution in [0.4, 0.5) is 10.5 Å². The van der Waals surface area contributed by atoms with Crippen molar-refractivity contribution in [2.24, 2.45) is 0 Å². The second-order valence-electron chi connectivity index (χ2n) is 6.09. The summed E-state index contributed by atoms with van der Waals surface area (Å²) >= 11 is 0. The van der Waals surface area contributed by atoms with Crippen LogP contribution in [0.25, 0.3) is 0 Å². The largest absolute Gasteiger partial charge is 0.493 e. The number of rotatable bonds is 4. The van der Waals surface area contributed by atoms with E-state index in [2.05, 4.69) is 10.5 Å². The molecule has 2 aromatic rings. The summed E-state index contributed by atoms with van der Waals surface area (Å²) in [6, 6.07) is 5.16. The molecule has 7 nitrogen and oxygen atoms in total. The Balaban J connectivity index is 1.79. The number of hydrogen-bond donors (Lipinski definition) is 1. The number of likely N-dealkylation sites (tertiary alicyclic amines) is 1. The number of aryl methyl sites for hydroxylation is 2. The molecule has 1 aromatic carbocycles. The van der Waals surface area contributed by atoms with Gasteiger partial charge in [0.2, 0.25) is 0 Å². The number of ether oxygens (including phenoxy) is 2. The van der Waals surface area contributed by atoms with E-state index in [0.29, 0.717) is 23.7 Å². The first-order valence-corrected chi connectivity index (χ1v) is 8.27. The molecule has 2 amide bonds. The minimum atomic E-state index is -0.144. The summed E-state index contributed by atoms with van der Waals surface area (Å²) < 4.78 is 15.8. The lowest BCUT2D eigenvalue weighted by Gasteiger charge is -2.25. The Morgan fingerprint density at radius 1 is 1.28 bits per heavy atom. The molecule has 1 N–H and O–H groups in total. The standard InChI is InChI=1S/C18H23N3O4/c1-11-17(12(2)25-20-11)14-6-5-9-21(14)18(22)19-13-7-8-15(23-3)16(10-13)24-4/h7-8,10,14H,5-6,9H2,1-4H3,(H,19,22). The fourth-order valence-electron chi connectivity index (χ4n) is 3.38. The Bertz CT molecular complexity index is 752. The van der Waals surface area contributed by atoms with Crippen LogP contribution in [0.3, 0.4) is 0 Å². The highest BCUT2D eigenvalue weighted by atomic mass is 16.5. The second kappa shape index (κ2) is 7.04. The number of nitrogens with one attached hydrogen (secondary N) is 1. The van der Waals surface area contributed by atoms with Crippen molar-refractivity contribution >= 4 is 11.7 Å². The SMILES string of the molecule is COc1ccc(NC(=O)N2CCCC2c2c(C)noc2C)cc1OC. The number of benzene rings is 1. The quantitative estimate of drug-likeness (QED) is 0.915. The van der Waals surface area contributed by atoms with Gasteiger partial charge >= 0.3 is 6.03 Å². The number of aromatic nitrogens is 1. The molecule has 0 radical (unpaired) electrons. The van der Waals surface area contributed by atoms with Crippen molar-refractivity contribution in [2.75, 3.05) is 26.1 Å². The lowest BCUT2D eigenvalue weighted by atomic mass is 10.0. The zero-order valence-corrected chi connectivity index (χ0v) is 15.0. The average Bonchev–Trinajstić information content (AvgIpc) is 3.21. The molecule has 0 bridgehead atoms. The fraction of sp³-hybridized carbons (Fsp3) is 0.444. The van der Waals surface area contributed by atoms with Crippen LogP contribution < -0.4 is 14.8 Å². The highest BCUT2D eigenvalue weighted by Crippen LogP contribution is 2.36. The molecule has 0 spiro atoms. The van der Waals surface area contributed by atoms with Crippen molar-refractivity contribution in [3.63, 3.8) is 0 Å². The molecule has 25 heavy (non-hydrogen) atoms. The van der Waals surface area contributed by atoms with Gasteiger partial charge in [-0.3, -0.25) is 0 Å². The van der Waals surface area contributed by atoms with Crippen molar-refractivity contribution in [3.8, 4) is 11.5 Å². The molecule has 134 valence electrons. The molecule has 1 saturated heterocycles. The van der Waals surface area contributed by atoms with Gasteiger partial charge in [-0.2, -0.15) is 0 Å². The molecule has 7 heteroatoms. The van der Waals surface area contributed by atoms with E-state index >= 15 is 0 Å². The summed E-state index contributed by atoms with van der Waals surface area (Å²) in [5.74, 6) is 1.97. The lowest BCUT2D eigenvalue weighted by molar-refractivity contribution is 0.206. The van der Waals surface area contributed by atoms with Crippen LogP contribution in [0.2, 0.25) is 0 Å². The van der Waals surface area contributed by atoms with E-state index in [0.717, 1.165) is 29.9 Å². The van der Waals surface area contributed by atoms with Gasteiger partial charge < -0.3 is 24.2 Å². The smallest absolute Gasteiger partial charge is 0.322 e.